The molecule has 0 fully saturated rings. The van der Waals surface area contributed by atoms with Crippen LogP contribution in [0.1, 0.15) is 61.3 Å². The highest BCUT2D eigenvalue weighted by molar-refractivity contribution is 9.11. The lowest BCUT2D eigenvalue weighted by Gasteiger charge is -2.21. The minimum atomic E-state index is -0.579. The molecule has 0 aliphatic carbocycles. The molecule has 2 aliphatic rings. The van der Waals surface area contributed by atoms with Crippen LogP contribution in [0.4, 0.5) is 11.4 Å². The fourth-order valence-electron chi connectivity index (χ4n) is 3.92. The van der Waals surface area contributed by atoms with Crippen LogP contribution in [0.2, 0.25) is 0 Å². The van der Waals surface area contributed by atoms with E-state index in [-0.39, 0.29) is 11.6 Å². The molecule has 2 aliphatic heterocycles. The lowest BCUT2D eigenvalue weighted by molar-refractivity contribution is 0.0920. The smallest absolute Gasteiger partial charge is 0.189 e. The van der Waals surface area contributed by atoms with Crippen LogP contribution >= 0.6 is 31.9 Å². The summed E-state index contributed by atoms with van der Waals surface area (Å²) in [6.45, 7) is 7.88. The van der Waals surface area contributed by atoms with Gasteiger partial charge in [-0.25, -0.2) is 0 Å². The fourth-order valence-corrected chi connectivity index (χ4v) is 5.04. The van der Waals surface area contributed by atoms with Crippen molar-refractivity contribution in [3.63, 3.8) is 0 Å². The van der Waals surface area contributed by atoms with Crippen molar-refractivity contribution in [3.8, 4) is 11.1 Å². The van der Waals surface area contributed by atoms with Crippen LogP contribution in [0.5, 0.6) is 0 Å². The molecule has 28 heavy (non-hydrogen) atoms. The summed E-state index contributed by atoms with van der Waals surface area (Å²) in [7, 11) is 0. The van der Waals surface area contributed by atoms with Gasteiger partial charge in [0.05, 0.1) is 22.5 Å². The van der Waals surface area contributed by atoms with Gasteiger partial charge in [0.25, 0.3) is 0 Å². The Bertz CT molecular complexity index is 966. The molecule has 2 atom stereocenters. The molecule has 0 radical (unpaired) electrons. The summed E-state index contributed by atoms with van der Waals surface area (Å²) in [6, 6.07) is 7.86. The van der Waals surface area contributed by atoms with Crippen LogP contribution in [0.25, 0.3) is 11.1 Å². The molecule has 2 aromatic rings. The van der Waals surface area contributed by atoms with E-state index in [0.717, 1.165) is 31.4 Å². The number of carbonyl (C=O) groups is 2. The minimum Gasteiger partial charge on any atom is -0.371 e. The molecule has 0 saturated carbocycles. The number of hydrogen-bond donors (Lipinski definition) is 2. The van der Waals surface area contributed by atoms with Crippen LogP contribution < -0.4 is 10.6 Å². The highest BCUT2D eigenvalue weighted by atomic mass is 79.9. The molecule has 0 aromatic heterocycles. The second-order valence-electron chi connectivity index (χ2n) is 8.04. The van der Waals surface area contributed by atoms with Crippen molar-refractivity contribution < 1.29 is 9.59 Å². The van der Waals surface area contributed by atoms with Crippen molar-refractivity contribution in [3.05, 3.63) is 44.3 Å². The summed E-state index contributed by atoms with van der Waals surface area (Å²) < 4.78 is 1.70. The van der Waals surface area contributed by atoms with Gasteiger partial charge in [0.2, 0.25) is 0 Å². The SMILES string of the molecule is CCC1(C)Nc2c(Br)cc(-c3cc(Br)c4c(c3)C(=O)C(C)(CC)N4)cc2C1=O. The third-order valence-electron chi connectivity index (χ3n) is 6.22. The number of anilines is 2. The van der Waals surface area contributed by atoms with E-state index in [4.69, 9.17) is 0 Å². The van der Waals surface area contributed by atoms with Crippen LogP contribution in [0, 0.1) is 0 Å². The van der Waals surface area contributed by atoms with Gasteiger partial charge in [0.1, 0.15) is 0 Å². The molecule has 0 amide bonds. The van der Waals surface area contributed by atoms with Crippen molar-refractivity contribution in [1.29, 1.82) is 0 Å². The second-order valence-corrected chi connectivity index (χ2v) is 9.75. The van der Waals surface area contributed by atoms with E-state index in [0.29, 0.717) is 24.0 Å². The Hall–Kier alpha value is -1.66. The van der Waals surface area contributed by atoms with Crippen molar-refractivity contribution in [2.24, 2.45) is 0 Å². The van der Waals surface area contributed by atoms with Gasteiger partial charge in [-0.1, -0.05) is 13.8 Å². The third-order valence-corrected chi connectivity index (χ3v) is 7.47. The molecular weight excluding hydrogens is 484 g/mol. The van der Waals surface area contributed by atoms with Gasteiger partial charge in [-0.05, 0) is 93.9 Å². The van der Waals surface area contributed by atoms with Gasteiger partial charge in [-0.2, -0.15) is 0 Å². The summed E-state index contributed by atoms with van der Waals surface area (Å²) in [4.78, 5) is 25.9. The number of nitrogens with one attached hydrogen (secondary N) is 2. The molecular formula is C22H22Br2N2O2. The maximum atomic E-state index is 13.0. The van der Waals surface area contributed by atoms with E-state index in [1.807, 2.05) is 52.0 Å². The summed E-state index contributed by atoms with van der Waals surface area (Å²) in [6.07, 6.45) is 1.42. The maximum Gasteiger partial charge on any atom is 0.189 e. The lowest BCUT2D eigenvalue weighted by Crippen LogP contribution is -2.37. The Morgan fingerprint density at radius 3 is 1.43 bits per heavy atom. The first kappa shape index (κ1) is 19.6. The summed E-state index contributed by atoms with van der Waals surface area (Å²) in [5, 5.41) is 6.73. The Balaban J connectivity index is 1.84. The number of carbonyl (C=O) groups excluding carboxylic acids is 2. The van der Waals surface area contributed by atoms with Crippen molar-refractivity contribution >= 4 is 54.8 Å². The van der Waals surface area contributed by atoms with Gasteiger partial charge in [-0.3, -0.25) is 9.59 Å². The van der Waals surface area contributed by atoms with E-state index < -0.39 is 11.1 Å². The van der Waals surface area contributed by atoms with Crippen molar-refractivity contribution in [1.82, 2.24) is 0 Å². The largest absolute Gasteiger partial charge is 0.371 e. The maximum absolute atomic E-state index is 13.0. The van der Waals surface area contributed by atoms with Gasteiger partial charge >= 0.3 is 0 Å². The normalized spacial score (nSPS) is 25.4. The van der Waals surface area contributed by atoms with Crippen molar-refractivity contribution in [2.75, 3.05) is 10.6 Å². The number of hydrogen-bond acceptors (Lipinski definition) is 4. The monoisotopic (exact) mass is 504 g/mol. The van der Waals surface area contributed by atoms with Crippen LogP contribution in [-0.2, 0) is 0 Å². The predicted molar refractivity (Wildman–Crippen MR) is 121 cm³/mol. The predicted octanol–water partition coefficient (Wildman–Crippen LogP) is 6.43. The highest BCUT2D eigenvalue weighted by Gasteiger charge is 2.42. The molecule has 0 saturated heterocycles. The number of ketones is 2. The van der Waals surface area contributed by atoms with Gasteiger partial charge < -0.3 is 10.6 Å². The van der Waals surface area contributed by atoms with E-state index >= 15 is 0 Å². The second kappa shape index (κ2) is 6.42. The molecule has 0 bridgehead atoms. The molecule has 4 nitrogen and oxygen atoms in total. The minimum absolute atomic E-state index is 0.101. The number of fused-ring (bicyclic) bond motifs is 2. The average molecular weight is 506 g/mol. The first-order valence-electron chi connectivity index (χ1n) is 9.47. The quantitative estimate of drug-likeness (QED) is 0.504. The zero-order chi connectivity index (χ0) is 20.4. The van der Waals surface area contributed by atoms with Crippen LogP contribution in [0.3, 0.4) is 0 Å². The van der Waals surface area contributed by atoms with Gasteiger partial charge in [0, 0.05) is 20.1 Å². The first-order chi connectivity index (χ1) is 13.1. The summed E-state index contributed by atoms with van der Waals surface area (Å²) >= 11 is 7.24. The Labute approximate surface area is 181 Å². The molecule has 0 spiro atoms. The topological polar surface area (TPSA) is 58.2 Å². The Kier molecular flexibility index (Phi) is 4.51. The molecule has 2 aromatic carbocycles. The van der Waals surface area contributed by atoms with Gasteiger partial charge in [0.15, 0.2) is 11.6 Å². The zero-order valence-corrected chi connectivity index (χ0v) is 19.5. The Morgan fingerprint density at radius 2 is 1.11 bits per heavy atom. The molecule has 4 rings (SSSR count). The number of Topliss-reactive ketones (excluding diaryl/α,β-unsaturated/α-hetero) is 2. The van der Waals surface area contributed by atoms with Crippen LogP contribution in [0.15, 0.2) is 33.2 Å². The summed E-state index contributed by atoms with van der Waals surface area (Å²) in [5.41, 5.74) is 3.71. The fraction of sp³-hybridized carbons (Fsp3) is 0.364. The van der Waals surface area contributed by atoms with E-state index in [2.05, 4.69) is 42.5 Å². The standard InChI is InChI=1S/C22H22Br2N2O2/c1-5-21(3)19(27)13-7-11(9-15(23)17(13)25-21)12-8-14-18(16(24)10-12)26-22(4,6-2)20(14)28/h7-10,25-26H,5-6H2,1-4H3. The molecule has 2 heterocycles. The number of benzene rings is 2. The third kappa shape index (κ3) is 2.68. The average Bonchev–Trinajstić information content (AvgIpc) is 3.09. The van der Waals surface area contributed by atoms with E-state index in [1.165, 1.54) is 0 Å². The van der Waals surface area contributed by atoms with E-state index in [9.17, 15) is 9.59 Å². The zero-order valence-electron chi connectivity index (χ0n) is 16.3. The number of halogens is 2. The van der Waals surface area contributed by atoms with Crippen LogP contribution in [-0.4, -0.2) is 22.6 Å². The van der Waals surface area contributed by atoms with Crippen molar-refractivity contribution in [2.45, 2.75) is 51.6 Å². The highest BCUT2D eigenvalue weighted by Crippen LogP contribution is 2.45. The first-order valence-corrected chi connectivity index (χ1v) is 11.1. The lowest BCUT2D eigenvalue weighted by atomic mass is 9.90. The molecule has 146 valence electrons. The summed E-state index contributed by atoms with van der Waals surface area (Å²) in [5.74, 6) is 0.202. The van der Waals surface area contributed by atoms with E-state index in [1.54, 1.807) is 0 Å². The number of rotatable bonds is 3. The molecule has 2 unspecified atom stereocenters. The Morgan fingerprint density at radius 1 is 0.750 bits per heavy atom. The molecule has 2 N–H and O–H groups in total. The molecule has 6 heteroatoms. The van der Waals surface area contributed by atoms with Gasteiger partial charge in [-0.15, -0.1) is 0 Å².